The molecule has 5 aromatic carbocycles. The number of anilines is 1. The van der Waals surface area contributed by atoms with E-state index in [9.17, 15) is 4.79 Å². The maximum absolute atomic E-state index is 12.2. The Morgan fingerprint density at radius 2 is 1.43 bits per heavy atom. The molecule has 0 aliphatic carbocycles. The van der Waals surface area contributed by atoms with Gasteiger partial charge in [-0.15, -0.1) is 0 Å². The zero-order chi connectivity index (χ0) is 20.5. The van der Waals surface area contributed by atoms with Gasteiger partial charge in [0.25, 0.3) is 0 Å². The van der Waals surface area contributed by atoms with Gasteiger partial charge in [-0.2, -0.15) is 0 Å². The zero-order valence-corrected chi connectivity index (χ0v) is 16.8. The van der Waals surface area contributed by atoms with E-state index < -0.39 is 0 Å². The summed E-state index contributed by atoms with van der Waals surface area (Å²) in [5, 5.41) is 10.6. The first-order valence-corrected chi connectivity index (χ1v) is 10.3. The van der Waals surface area contributed by atoms with Gasteiger partial charge in [0.2, 0.25) is 5.43 Å². The molecule has 0 bridgehead atoms. The molecule has 0 aliphatic heterocycles. The van der Waals surface area contributed by atoms with Crippen molar-refractivity contribution in [3.8, 4) is 11.8 Å². The molecule has 1 N–H and O–H groups in total. The van der Waals surface area contributed by atoms with Crippen LogP contribution >= 0.6 is 0 Å². The van der Waals surface area contributed by atoms with Gasteiger partial charge in [-0.25, -0.2) is 0 Å². The molecule has 0 aliphatic rings. The van der Waals surface area contributed by atoms with E-state index in [-0.39, 0.29) is 5.43 Å². The third kappa shape index (κ3) is 3.15. The topological polar surface area (TPSA) is 29.1 Å². The van der Waals surface area contributed by atoms with Crippen LogP contribution in [0.25, 0.3) is 32.3 Å². The highest BCUT2D eigenvalue weighted by molar-refractivity contribution is 6.23. The van der Waals surface area contributed by atoms with Gasteiger partial charge < -0.3 is 5.32 Å². The summed E-state index contributed by atoms with van der Waals surface area (Å²) >= 11 is 0. The van der Waals surface area contributed by atoms with Gasteiger partial charge in [0.1, 0.15) is 0 Å². The van der Waals surface area contributed by atoms with Crippen LogP contribution in [0.15, 0.2) is 83.7 Å². The maximum Gasteiger partial charge on any atom is 0.201 e. The third-order valence-electron chi connectivity index (χ3n) is 5.54. The Labute approximate surface area is 175 Å². The van der Waals surface area contributed by atoms with Crippen LogP contribution in [0.2, 0.25) is 0 Å². The van der Waals surface area contributed by atoms with Crippen LogP contribution in [0, 0.1) is 11.8 Å². The molecule has 0 saturated carbocycles. The molecule has 144 valence electrons. The molecule has 0 aromatic heterocycles. The van der Waals surface area contributed by atoms with E-state index in [0.29, 0.717) is 5.69 Å². The van der Waals surface area contributed by atoms with Crippen molar-refractivity contribution in [3.05, 3.63) is 100 Å². The zero-order valence-electron chi connectivity index (χ0n) is 16.8. The van der Waals surface area contributed by atoms with Crippen LogP contribution in [-0.4, -0.2) is 6.54 Å². The maximum atomic E-state index is 12.2. The lowest BCUT2D eigenvalue weighted by molar-refractivity contribution is 0.978. The van der Waals surface area contributed by atoms with Gasteiger partial charge in [-0.3, -0.25) is 4.79 Å². The van der Waals surface area contributed by atoms with Crippen molar-refractivity contribution < 1.29 is 0 Å². The Bertz CT molecular complexity index is 1490. The number of hydrogen-bond donors (Lipinski definition) is 1. The molecule has 5 rings (SSSR count). The van der Waals surface area contributed by atoms with Crippen LogP contribution in [0.4, 0.5) is 5.69 Å². The summed E-state index contributed by atoms with van der Waals surface area (Å²) in [6.07, 6.45) is 0.972. The fourth-order valence-electron chi connectivity index (χ4n) is 4.04. The van der Waals surface area contributed by atoms with E-state index in [0.717, 1.165) is 24.1 Å². The molecule has 5 aromatic rings. The number of hydrogen-bond acceptors (Lipinski definition) is 2. The molecule has 0 fully saturated rings. The van der Waals surface area contributed by atoms with E-state index in [1.807, 2.05) is 12.1 Å². The molecule has 0 unspecified atom stereocenters. The van der Waals surface area contributed by atoms with E-state index in [1.54, 1.807) is 12.1 Å². The SMILES string of the molecule is CCCNc1ccc(C#Cc2ccc3ccc4cccc5ccc2c3c45)ccc1=O. The summed E-state index contributed by atoms with van der Waals surface area (Å²) in [7, 11) is 0. The number of rotatable bonds is 3. The Morgan fingerprint density at radius 1 is 0.733 bits per heavy atom. The molecule has 0 heterocycles. The summed E-state index contributed by atoms with van der Waals surface area (Å²) in [6, 6.07) is 26.5. The van der Waals surface area contributed by atoms with Crippen LogP contribution in [0.5, 0.6) is 0 Å². The monoisotopic (exact) mass is 387 g/mol. The second kappa shape index (κ2) is 7.54. The van der Waals surface area contributed by atoms with E-state index in [4.69, 9.17) is 0 Å². The molecule has 0 spiro atoms. The number of nitrogens with one attached hydrogen (secondary N) is 1. The van der Waals surface area contributed by atoms with Crippen LogP contribution in [0.1, 0.15) is 24.5 Å². The van der Waals surface area contributed by atoms with Gasteiger partial charge >= 0.3 is 0 Å². The minimum Gasteiger partial charge on any atom is -0.382 e. The smallest absolute Gasteiger partial charge is 0.201 e. The minimum atomic E-state index is -0.0146. The summed E-state index contributed by atoms with van der Waals surface area (Å²) in [5.74, 6) is 6.59. The van der Waals surface area contributed by atoms with E-state index in [1.165, 1.54) is 32.3 Å². The molecule has 0 saturated heterocycles. The lowest BCUT2D eigenvalue weighted by atomic mass is 9.92. The molecule has 0 amide bonds. The molecule has 2 heteroatoms. The van der Waals surface area contributed by atoms with Crippen molar-refractivity contribution in [1.29, 1.82) is 0 Å². The van der Waals surface area contributed by atoms with E-state index >= 15 is 0 Å². The quantitative estimate of drug-likeness (QED) is 0.296. The fourth-order valence-corrected chi connectivity index (χ4v) is 4.04. The van der Waals surface area contributed by atoms with Gasteiger partial charge in [-0.05, 0) is 69.1 Å². The second-order valence-electron chi connectivity index (χ2n) is 7.55. The van der Waals surface area contributed by atoms with E-state index in [2.05, 4.69) is 78.7 Å². The van der Waals surface area contributed by atoms with Crippen molar-refractivity contribution in [2.75, 3.05) is 11.9 Å². The molecular weight excluding hydrogens is 366 g/mol. The minimum absolute atomic E-state index is 0.0146. The highest BCUT2D eigenvalue weighted by Gasteiger charge is 2.09. The Hall–Kier alpha value is -3.83. The third-order valence-corrected chi connectivity index (χ3v) is 5.54. The predicted molar refractivity (Wildman–Crippen MR) is 128 cm³/mol. The van der Waals surface area contributed by atoms with Crippen molar-refractivity contribution in [1.82, 2.24) is 0 Å². The average Bonchev–Trinajstić information content (AvgIpc) is 2.96. The molecule has 0 radical (unpaired) electrons. The molecule has 0 atom stereocenters. The molecule has 30 heavy (non-hydrogen) atoms. The standard InChI is InChI=1S/C28H21NO/c1-2-18-29-25-16-7-19(8-17-26(25)30)6-9-20-10-11-23-13-12-21-4-3-5-22-14-15-24(20)28(23)27(21)22/h3-5,7-8,10-17H,2,18H2,1H3,(H,29,30). The normalized spacial score (nSPS) is 11.0. The Morgan fingerprint density at radius 3 is 2.23 bits per heavy atom. The summed E-state index contributed by atoms with van der Waals surface area (Å²) in [6.45, 7) is 2.86. The largest absolute Gasteiger partial charge is 0.382 e. The van der Waals surface area contributed by atoms with Gasteiger partial charge in [0.05, 0.1) is 5.69 Å². The molecular formula is C28H21NO. The molecule has 2 nitrogen and oxygen atoms in total. The number of benzene rings is 4. The van der Waals surface area contributed by atoms with Crippen molar-refractivity contribution in [2.24, 2.45) is 0 Å². The second-order valence-corrected chi connectivity index (χ2v) is 7.55. The fraction of sp³-hybridized carbons (Fsp3) is 0.107. The van der Waals surface area contributed by atoms with Crippen LogP contribution in [-0.2, 0) is 0 Å². The predicted octanol–water partition coefficient (Wildman–Crippen LogP) is 6.17. The summed E-state index contributed by atoms with van der Waals surface area (Å²) in [5.41, 5.74) is 2.42. The first-order chi connectivity index (χ1) is 14.7. The van der Waals surface area contributed by atoms with Crippen LogP contribution < -0.4 is 10.7 Å². The lowest BCUT2D eigenvalue weighted by Gasteiger charge is -2.11. The van der Waals surface area contributed by atoms with Gasteiger partial charge in [-0.1, -0.05) is 67.3 Å². The van der Waals surface area contributed by atoms with Crippen LogP contribution in [0.3, 0.4) is 0 Å². The van der Waals surface area contributed by atoms with Gasteiger partial charge in [0.15, 0.2) is 0 Å². The summed E-state index contributed by atoms with van der Waals surface area (Å²) < 4.78 is 0. The Balaban J connectivity index is 1.63. The summed E-state index contributed by atoms with van der Waals surface area (Å²) in [4.78, 5) is 12.2. The first kappa shape index (κ1) is 18.2. The van der Waals surface area contributed by atoms with Crippen molar-refractivity contribution >= 4 is 38.0 Å². The van der Waals surface area contributed by atoms with Crippen molar-refractivity contribution in [3.63, 3.8) is 0 Å². The van der Waals surface area contributed by atoms with Crippen molar-refractivity contribution in [2.45, 2.75) is 13.3 Å². The van der Waals surface area contributed by atoms with Gasteiger partial charge in [0, 0.05) is 17.7 Å². The highest BCUT2D eigenvalue weighted by Crippen LogP contribution is 2.35. The lowest BCUT2D eigenvalue weighted by Crippen LogP contribution is -2.08. The average molecular weight is 387 g/mol. The highest BCUT2D eigenvalue weighted by atomic mass is 16.1. The Kier molecular flexibility index (Phi) is 4.58. The first-order valence-electron chi connectivity index (χ1n) is 10.3.